The molecule has 0 saturated heterocycles. The molecule has 1 atom stereocenters. The SMILES string of the molecule is COCC(C)NC(=O)/C=C(\C)c1cc2c(C)coc2cc1OC. The van der Waals surface area contributed by atoms with Crippen molar-refractivity contribution in [3.8, 4) is 5.75 Å². The number of nitrogens with one attached hydrogen (secondary N) is 1. The van der Waals surface area contributed by atoms with Crippen molar-refractivity contribution < 1.29 is 18.7 Å². The molecule has 1 amide bonds. The zero-order chi connectivity index (χ0) is 17.0. The van der Waals surface area contributed by atoms with Crippen molar-refractivity contribution in [1.29, 1.82) is 0 Å². The minimum Gasteiger partial charge on any atom is -0.496 e. The van der Waals surface area contributed by atoms with Gasteiger partial charge in [-0.15, -0.1) is 0 Å². The van der Waals surface area contributed by atoms with Gasteiger partial charge in [0.25, 0.3) is 0 Å². The van der Waals surface area contributed by atoms with Gasteiger partial charge in [0, 0.05) is 36.2 Å². The van der Waals surface area contributed by atoms with E-state index in [0.29, 0.717) is 12.4 Å². The van der Waals surface area contributed by atoms with Gasteiger partial charge in [0.05, 0.1) is 20.0 Å². The third kappa shape index (κ3) is 3.93. The number of amides is 1. The lowest BCUT2D eigenvalue weighted by Crippen LogP contribution is -2.34. The van der Waals surface area contributed by atoms with Crippen molar-refractivity contribution >= 4 is 22.4 Å². The second-order valence-electron chi connectivity index (χ2n) is 5.66. The Labute approximate surface area is 136 Å². The van der Waals surface area contributed by atoms with E-state index >= 15 is 0 Å². The van der Waals surface area contributed by atoms with Gasteiger partial charge in [-0.05, 0) is 38.0 Å². The van der Waals surface area contributed by atoms with Crippen molar-refractivity contribution in [2.45, 2.75) is 26.8 Å². The van der Waals surface area contributed by atoms with Crippen LogP contribution in [-0.4, -0.2) is 32.8 Å². The molecule has 0 aliphatic heterocycles. The lowest BCUT2D eigenvalue weighted by molar-refractivity contribution is -0.117. The summed E-state index contributed by atoms with van der Waals surface area (Å²) < 4.78 is 15.9. The van der Waals surface area contributed by atoms with Gasteiger partial charge >= 0.3 is 0 Å². The Bertz CT molecular complexity index is 730. The van der Waals surface area contributed by atoms with Crippen LogP contribution in [0.25, 0.3) is 16.5 Å². The van der Waals surface area contributed by atoms with Gasteiger partial charge < -0.3 is 19.2 Å². The van der Waals surface area contributed by atoms with E-state index in [2.05, 4.69) is 5.32 Å². The van der Waals surface area contributed by atoms with Crippen LogP contribution in [0.15, 0.2) is 28.9 Å². The van der Waals surface area contributed by atoms with Gasteiger partial charge in [0.1, 0.15) is 11.3 Å². The molecule has 0 aliphatic rings. The molecule has 2 rings (SSSR count). The first-order valence-corrected chi connectivity index (χ1v) is 7.50. The van der Waals surface area contributed by atoms with Crippen molar-refractivity contribution in [3.63, 3.8) is 0 Å². The predicted octanol–water partition coefficient (Wildman–Crippen LogP) is 3.30. The van der Waals surface area contributed by atoms with E-state index in [9.17, 15) is 4.79 Å². The van der Waals surface area contributed by atoms with Crippen LogP contribution in [0, 0.1) is 6.92 Å². The minimum atomic E-state index is -0.155. The van der Waals surface area contributed by atoms with E-state index in [1.165, 1.54) is 0 Å². The van der Waals surface area contributed by atoms with Crippen molar-refractivity contribution in [3.05, 3.63) is 35.6 Å². The third-order valence-corrected chi connectivity index (χ3v) is 3.67. The van der Waals surface area contributed by atoms with E-state index in [4.69, 9.17) is 13.9 Å². The molecule has 1 aromatic heterocycles. The number of ether oxygens (including phenoxy) is 2. The Morgan fingerprint density at radius 1 is 1.39 bits per heavy atom. The highest BCUT2D eigenvalue weighted by Crippen LogP contribution is 2.33. The van der Waals surface area contributed by atoms with Crippen LogP contribution in [0.1, 0.15) is 25.0 Å². The first-order valence-electron chi connectivity index (χ1n) is 7.50. The fourth-order valence-corrected chi connectivity index (χ4v) is 2.51. The molecular formula is C18H23NO4. The molecule has 23 heavy (non-hydrogen) atoms. The van der Waals surface area contributed by atoms with E-state index in [-0.39, 0.29) is 11.9 Å². The standard InChI is InChI=1S/C18H23NO4/c1-11(6-18(20)19-13(3)10-21-4)14-7-15-12(2)9-23-17(15)8-16(14)22-5/h6-9,13H,10H2,1-5H3,(H,19,20)/b11-6+. The molecule has 1 heterocycles. The number of aryl methyl sites for hydroxylation is 1. The van der Waals surface area contributed by atoms with E-state index < -0.39 is 0 Å². The van der Waals surface area contributed by atoms with Crippen LogP contribution in [-0.2, 0) is 9.53 Å². The number of carbonyl (C=O) groups is 1. The summed E-state index contributed by atoms with van der Waals surface area (Å²) in [5, 5.41) is 3.88. The molecule has 0 aliphatic carbocycles. The lowest BCUT2D eigenvalue weighted by atomic mass is 10.0. The van der Waals surface area contributed by atoms with Crippen LogP contribution in [0.3, 0.4) is 0 Å². The Kier molecular flexibility index (Phi) is 5.45. The Morgan fingerprint density at radius 3 is 2.78 bits per heavy atom. The number of fused-ring (bicyclic) bond motifs is 1. The molecule has 0 bridgehead atoms. The Hall–Kier alpha value is -2.27. The number of allylic oxidation sites excluding steroid dienone is 1. The van der Waals surface area contributed by atoms with Gasteiger partial charge in [-0.1, -0.05) is 0 Å². The summed E-state index contributed by atoms with van der Waals surface area (Å²) in [7, 11) is 3.21. The average molecular weight is 317 g/mol. The van der Waals surface area contributed by atoms with E-state index in [0.717, 1.165) is 27.7 Å². The van der Waals surface area contributed by atoms with Crippen LogP contribution in [0.4, 0.5) is 0 Å². The molecule has 0 fully saturated rings. The van der Waals surface area contributed by atoms with E-state index in [1.807, 2.05) is 32.9 Å². The summed E-state index contributed by atoms with van der Waals surface area (Å²) in [6.07, 6.45) is 3.29. The summed E-state index contributed by atoms with van der Waals surface area (Å²) >= 11 is 0. The molecule has 5 nitrogen and oxygen atoms in total. The second kappa shape index (κ2) is 7.33. The third-order valence-electron chi connectivity index (χ3n) is 3.67. The first kappa shape index (κ1) is 17.1. The molecule has 1 unspecified atom stereocenters. The molecule has 5 heteroatoms. The summed E-state index contributed by atoms with van der Waals surface area (Å²) in [5.41, 5.74) is 3.52. The molecule has 2 aromatic rings. The van der Waals surface area contributed by atoms with Crippen molar-refractivity contribution in [2.24, 2.45) is 0 Å². The van der Waals surface area contributed by atoms with Gasteiger partial charge in [-0.2, -0.15) is 0 Å². The maximum atomic E-state index is 12.1. The minimum absolute atomic E-state index is 0.0444. The number of rotatable bonds is 6. The number of hydrogen-bond donors (Lipinski definition) is 1. The first-order chi connectivity index (χ1) is 11.0. The summed E-state index contributed by atoms with van der Waals surface area (Å²) in [6.45, 7) is 6.24. The fraction of sp³-hybridized carbons (Fsp3) is 0.389. The van der Waals surface area contributed by atoms with Gasteiger partial charge in [0.2, 0.25) is 5.91 Å². The monoisotopic (exact) mass is 317 g/mol. The van der Waals surface area contributed by atoms with Crippen molar-refractivity contribution in [2.75, 3.05) is 20.8 Å². The molecule has 0 spiro atoms. The quantitative estimate of drug-likeness (QED) is 0.830. The molecule has 1 N–H and O–H groups in total. The van der Waals surface area contributed by atoms with Crippen LogP contribution in [0.2, 0.25) is 0 Å². The number of methoxy groups -OCH3 is 2. The highest BCUT2D eigenvalue weighted by atomic mass is 16.5. The molecule has 0 saturated carbocycles. The predicted molar refractivity (Wildman–Crippen MR) is 90.6 cm³/mol. The zero-order valence-corrected chi connectivity index (χ0v) is 14.2. The molecule has 0 radical (unpaired) electrons. The summed E-state index contributed by atoms with van der Waals surface area (Å²) in [4.78, 5) is 12.1. The molecule has 1 aromatic carbocycles. The maximum absolute atomic E-state index is 12.1. The Balaban J connectivity index is 2.31. The Morgan fingerprint density at radius 2 is 2.13 bits per heavy atom. The lowest BCUT2D eigenvalue weighted by Gasteiger charge is -2.12. The maximum Gasteiger partial charge on any atom is 0.244 e. The van der Waals surface area contributed by atoms with Gasteiger partial charge in [0.15, 0.2) is 0 Å². The van der Waals surface area contributed by atoms with Gasteiger partial charge in [-0.25, -0.2) is 0 Å². The second-order valence-corrected chi connectivity index (χ2v) is 5.66. The van der Waals surface area contributed by atoms with Crippen molar-refractivity contribution in [1.82, 2.24) is 5.32 Å². The molecule has 124 valence electrons. The van der Waals surface area contributed by atoms with Gasteiger partial charge in [-0.3, -0.25) is 4.79 Å². The highest BCUT2D eigenvalue weighted by Gasteiger charge is 2.13. The zero-order valence-electron chi connectivity index (χ0n) is 14.2. The van der Waals surface area contributed by atoms with Crippen LogP contribution >= 0.6 is 0 Å². The number of furan rings is 1. The normalized spacial score (nSPS) is 13.2. The number of hydrogen-bond acceptors (Lipinski definition) is 4. The average Bonchev–Trinajstić information content (AvgIpc) is 2.86. The smallest absolute Gasteiger partial charge is 0.244 e. The summed E-state index contributed by atoms with van der Waals surface area (Å²) in [5.74, 6) is 0.524. The van der Waals surface area contributed by atoms with Crippen LogP contribution in [0.5, 0.6) is 5.75 Å². The highest BCUT2D eigenvalue weighted by molar-refractivity contribution is 5.97. The van der Waals surface area contributed by atoms with Crippen LogP contribution < -0.4 is 10.1 Å². The van der Waals surface area contributed by atoms with E-state index in [1.54, 1.807) is 26.6 Å². The summed E-state index contributed by atoms with van der Waals surface area (Å²) in [6, 6.07) is 3.79. The fourth-order valence-electron chi connectivity index (χ4n) is 2.51. The molecular weight excluding hydrogens is 294 g/mol. The number of carbonyl (C=O) groups excluding carboxylic acids is 1. The number of benzene rings is 1. The largest absolute Gasteiger partial charge is 0.496 e. The topological polar surface area (TPSA) is 60.7 Å².